The lowest BCUT2D eigenvalue weighted by atomic mass is 9.95. The van der Waals surface area contributed by atoms with E-state index in [0.29, 0.717) is 10.9 Å². The van der Waals surface area contributed by atoms with Crippen LogP contribution in [0, 0.1) is 5.82 Å². The Morgan fingerprint density at radius 3 is 2.37 bits per heavy atom. The van der Waals surface area contributed by atoms with Crippen LogP contribution in [0.1, 0.15) is 46.5 Å². The molecule has 0 N–H and O–H groups in total. The fourth-order valence-electron chi connectivity index (χ4n) is 3.17. The highest BCUT2D eigenvalue weighted by Gasteiger charge is 2.40. The van der Waals surface area contributed by atoms with E-state index >= 15 is 0 Å². The van der Waals surface area contributed by atoms with Gasteiger partial charge >= 0.3 is 0 Å². The molecule has 7 heteroatoms. The van der Waals surface area contributed by atoms with Crippen LogP contribution in [0.4, 0.5) is 4.39 Å². The zero-order chi connectivity index (χ0) is 19.8. The van der Waals surface area contributed by atoms with Gasteiger partial charge in [0.05, 0.1) is 6.10 Å². The topological polar surface area (TPSA) is 44.2 Å². The van der Waals surface area contributed by atoms with Crippen LogP contribution in [0.25, 0.3) is 10.9 Å². The number of ether oxygens (including phenoxy) is 1. The van der Waals surface area contributed by atoms with Crippen LogP contribution in [0.5, 0.6) is 5.75 Å². The Bertz CT molecular complexity index is 812. The molecule has 0 atom stereocenters. The van der Waals surface area contributed by atoms with Gasteiger partial charge in [0.1, 0.15) is 5.52 Å². The first kappa shape index (κ1) is 20.5. The van der Waals surface area contributed by atoms with Crippen LogP contribution in [-0.4, -0.2) is 30.5 Å². The van der Waals surface area contributed by atoms with E-state index in [1.807, 2.05) is 0 Å². The molecule has 0 radical (unpaired) electrons. The molecule has 1 aromatic heterocycles. The molecule has 148 valence electrons. The summed E-state index contributed by atoms with van der Waals surface area (Å²) in [5, 5.41) is 1.00. The van der Waals surface area contributed by atoms with Crippen molar-refractivity contribution in [2.45, 2.75) is 76.8 Å². The number of aromatic nitrogens is 2. The maximum Gasteiger partial charge on any atom is 0.223 e. The molecule has 4 nitrogen and oxygen atoms in total. The van der Waals surface area contributed by atoms with Crippen molar-refractivity contribution in [2.75, 3.05) is 0 Å². The van der Waals surface area contributed by atoms with Gasteiger partial charge in [0.2, 0.25) is 5.28 Å². The summed E-state index contributed by atoms with van der Waals surface area (Å²) >= 11 is 5.89. The van der Waals surface area contributed by atoms with Gasteiger partial charge in [-0.2, -0.15) is 0 Å². The first-order chi connectivity index (χ1) is 12.6. The third-order valence-corrected chi connectivity index (χ3v) is 10.5. The highest BCUT2D eigenvalue weighted by molar-refractivity contribution is 6.74. The molecule has 1 fully saturated rings. The van der Waals surface area contributed by atoms with Gasteiger partial charge in [-0.1, -0.05) is 20.8 Å². The number of halogens is 2. The zero-order valence-electron chi connectivity index (χ0n) is 16.7. The third kappa shape index (κ3) is 4.61. The fourth-order valence-corrected chi connectivity index (χ4v) is 4.72. The molecule has 0 aliphatic heterocycles. The predicted octanol–water partition coefficient (Wildman–Crippen LogP) is 6.13. The first-order valence-corrected chi connectivity index (χ1v) is 12.8. The molecule has 1 aliphatic rings. The van der Waals surface area contributed by atoms with E-state index < -0.39 is 14.1 Å². The molecule has 3 rings (SSSR count). The van der Waals surface area contributed by atoms with Crippen molar-refractivity contribution >= 4 is 30.8 Å². The second kappa shape index (κ2) is 7.64. The summed E-state index contributed by atoms with van der Waals surface area (Å²) in [4.78, 5) is 8.11. The molecular weight excluding hydrogens is 383 g/mol. The number of hydrogen-bond acceptors (Lipinski definition) is 4. The number of hydrogen-bond donors (Lipinski definition) is 0. The standard InChI is InChI=1S/C20H28ClFN2O2Si/c1-20(2,3)27(4,5)26-15-9-7-14(8-10-15)25-18-16(22)11-6-13-12-23-19(21)24-17(13)18/h6,11-12,14-15H,7-10H2,1-5H3/t14-,15+. The van der Waals surface area contributed by atoms with Crippen molar-refractivity contribution in [3.05, 3.63) is 29.4 Å². The Kier molecular flexibility index (Phi) is 5.80. The van der Waals surface area contributed by atoms with Crippen LogP contribution in [0.15, 0.2) is 18.3 Å². The molecule has 1 aliphatic carbocycles. The summed E-state index contributed by atoms with van der Waals surface area (Å²) in [5.74, 6) is -0.248. The van der Waals surface area contributed by atoms with Gasteiger partial charge in [-0.3, -0.25) is 0 Å². The quantitative estimate of drug-likeness (QED) is 0.449. The molecule has 0 spiro atoms. The second-order valence-electron chi connectivity index (χ2n) is 8.85. The molecule has 1 heterocycles. The van der Waals surface area contributed by atoms with Crippen molar-refractivity contribution < 1.29 is 13.6 Å². The van der Waals surface area contributed by atoms with Crippen LogP contribution >= 0.6 is 11.6 Å². The van der Waals surface area contributed by atoms with E-state index in [9.17, 15) is 4.39 Å². The number of benzene rings is 1. The van der Waals surface area contributed by atoms with Crippen LogP contribution in [0.3, 0.4) is 0 Å². The van der Waals surface area contributed by atoms with Crippen molar-refractivity contribution in [1.82, 2.24) is 9.97 Å². The van der Waals surface area contributed by atoms with Crippen molar-refractivity contribution in [3.63, 3.8) is 0 Å². The highest BCUT2D eigenvalue weighted by Crippen LogP contribution is 2.39. The van der Waals surface area contributed by atoms with Crippen LogP contribution < -0.4 is 4.74 Å². The maximum absolute atomic E-state index is 14.4. The van der Waals surface area contributed by atoms with Crippen molar-refractivity contribution in [1.29, 1.82) is 0 Å². The number of nitrogens with zero attached hydrogens (tertiary/aromatic N) is 2. The lowest BCUT2D eigenvalue weighted by Crippen LogP contribution is -2.45. The Balaban J connectivity index is 1.67. The summed E-state index contributed by atoms with van der Waals surface area (Å²) in [6, 6.07) is 3.03. The van der Waals surface area contributed by atoms with Crippen molar-refractivity contribution in [3.8, 4) is 5.75 Å². The minimum absolute atomic E-state index is 0.0434. The minimum atomic E-state index is -1.77. The lowest BCUT2D eigenvalue weighted by molar-refractivity contribution is 0.0713. The molecule has 0 bridgehead atoms. The van der Waals surface area contributed by atoms with Gasteiger partial charge in [0.15, 0.2) is 19.9 Å². The van der Waals surface area contributed by atoms with Gasteiger partial charge < -0.3 is 9.16 Å². The van der Waals surface area contributed by atoms with E-state index in [4.69, 9.17) is 20.8 Å². The van der Waals surface area contributed by atoms with Gasteiger partial charge in [-0.25, -0.2) is 14.4 Å². The molecule has 1 aromatic carbocycles. The van der Waals surface area contributed by atoms with Crippen LogP contribution in [0.2, 0.25) is 23.4 Å². The molecule has 2 aromatic rings. The van der Waals surface area contributed by atoms with Crippen LogP contribution in [-0.2, 0) is 4.43 Å². The Morgan fingerprint density at radius 1 is 1.11 bits per heavy atom. The molecule has 27 heavy (non-hydrogen) atoms. The fraction of sp³-hybridized carbons (Fsp3) is 0.600. The minimum Gasteiger partial charge on any atom is -0.485 e. The summed E-state index contributed by atoms with van der Waals surface area (Å²) < 4.78 is 26.9. The third-order valence-electron chi connectivity index (χ3n) is 5.80. The predicted molar refractivity (Wildman–Crippen MR) is 109 cm³/mol. The van der Waals surface area contributed by atoms with Crippen molar-refractivity contribution in [2.24, 2.45) is 0 Å². The molecule has 1 saturated carbocycles. The first-order valence-electron chi connectivity index (χ1n) is 9.52. The SMILES string of the molecule is CC(C)(C)[Si](C)(C)O[C@H]1CC[C@@H](Oc2c(F)ccc3cnc(Cl)nc23)CC1. The number of rotatable bonds is 4. The summed E-state index contributed by atoms with van der Waals surface area (Å²) in [7, 11) is -1.77. The monoisotopic (exact) mass is 410 g/mol. The number of fused-ring (bicyclic) bond motifs is 1. The smallest absolute Gasteiger partial charge is 0.223 e. The maximum atomic E-state index is 14.4. The zero-order valence-corrected chi connectivity index (χ0v) is 18.4. The largest absolute Gasteiger partial charge is 0.485 e. The van der Waals surface area contributed by atoms with Gasteiger partial charge in [0.25, 0.3) is 0 Å². The van der Waals surface area contributed by atoms with E-state index in [1.165, 1.54) is 6.07 Å². The molecule has 0 amide bonds. The average molecular weight is 411 g/mol. The lowest BCUT2D eigenvalue weighted by Gasteiger charge is -2.41. The van der Waals surface area contributed by atoms with Gasteiger partial charge in [0, 0.05) is 17.7 Å². The van der Waals surface area contributed by atoms with E-state index in [1.54, 1.807) is 12.3 Å². The summed E-state index contributed by atoms with van der Waals surface area (Å²) in [5.41, 5.74) is 0.426. The molecular formula is C20H28ClFN2O2Si. The van der Waals surface area contributed by atoms with E-state index in [2.05, 4.69) is 43.8 Å². The Hall–Kier alpha value is -1.24. The molecule has 0 unspecified atom stereocenters. The van der Waals surface area contributed by atoms with E-state index in [0.717, 1.165) is 25.7 Å². The Morgan fingerprint density at radius 2 is 1.74 bits per heavy atom. The highest BCUT2D eigenvalue weighted by atomic mass is 35.5. The second-order valence-corrected chi connectivity index (χ2v) is 13.9. The normalized spacial score (nSPS) is 21.4. The summed E-state index contributed by atoms with van der Waals surface area (Å²) in [6.07, 6.45) is 5.35. The van der Waals surface area contributed by atoms with E-state index in [-0.39, 0.29) is 28.3 Å². The molecule has 0 saturated heterocycles. The Labute approximate surface area is 166 Å². The average Bonchev–Trinajstić information content (AvgIpc) is 2.58. The van der Waals surface area contributed by atoms with Gasteiger partial charge in [-0.15, -0.1) is 0 Å². The summed E-state index contributed by atoms with van der Waals surface area (Å²) in [6.45, 7) is 11.3. The van der Waals surface area contributed by atoms with Gasteiger partial charge in [-0.05, 0) is 67.5 Å².